The Bertz CT molecular complexity index is 204. The van der Waals surface area contributed by atoms with Gasteiger partial charge in [0.15, 0.2) is 0 Å². The Morgan fingerprint density at radius 3 is 1.64 bits per heavy atom. The maximum atomic E-state index is 6.24. The van der Waals surface area contributed by atoms with Gasteiger partial charge in [-0.15, -0.1) is 0 Å². The SMILES string of the molecule is CC(C)(C)CC1C(C)(C)C(N)C1(C)C. The third-order valence-corrected chi connectivity index (χ3v) is 4.22. The second-order valence-corrected chi connectivity index (χ2v) is 7.44. The Morgan fingerprint density at radius 1 is 1.00 bits per heavy atom. The molecule has 1 rings (SSSR count). The van der Waals surface area contributed by atoms with Gasteiger partial charge < -0.3 is 5.73 Å². The maximum Gasteiger partial charge on any atom is 0.0148 e. The third kappa shape index (κ3) is 1.71. The van der Waals surface area contributed by atoms with Crippen molar-refractivity contribution in [3.63, 3.8) is 0 Å². The Morgan fingerprint density at radius 2 is 1.36 bits per heavy atom. The van der Waals surface area contributed by atoms with Crippen LogP contribution < -0.4 is 5.73 Å². The van der Waals surface area contributed by atoms with Crippen molar-refractivity contribution in [2.75, 3.05) is 0 Å². The first-order valence-corrected chi connectivity index (χ1v) is 5.75. The second kappa shape index (κ2) is 2.98. The van der Waals surface area contributed by atoms with E-state index in [0.29, 0.717) is 22.3 Å². The fourth-order valence-electron chi connectivity index (χ4n) is 3.39. The van der Waals surface area contributed by atoms with Crippen LogP contribution in [0.15, 0.2) is 0 Å². The van der Waals surface area contributed by atoms with Crippen LogP contribution in [-0.4, -0.2) is 6.04 Å². The monoisotopic (exact) mass is 197 g/mol. The van der Waals surface area contributed by atoms with E-state index in [0.717, 1.165) is 5.92 Å². The summed E-state index contributed by atoms with van der Waals surface area (Å²) >= 11 is 0. The number of hydrogen-bond acceptors (Lipinski definition) is 1. The molecule has 0 amide bonds. The summed E-state index contributed by atoms with van der Waals surface area (Å²) in [6, 6.07) is 0.349. The molecule has 1 nitrogen and oxygen atoms in total. The van der Waals surface area contributed by atoms with Crippen LogP contribution in [0.25, 0.3) is 0 Å². The van der Waals surface area contributed by atoms with E-state index < -0.39 is 0 Å². The third-order valence-electron chi connectivity index (χ3n) is 4.22. The Labute approximate surface area is 89.5 Å². The molecule has 84 valence electrons. The Kier molecular flexibility index (Phi) is 2.56. The van der Waals surface area contributed by atoms with E-state index in [4.69, 9.17) is 5.73 Å². The number of nitrogens with two attached hydrogens (primary N) is 1. The van der Waals surface area contributed by atoms with Gasteiger partial charge in [-0.2, -0.15) is 0 Å². The Balaban J connectivity index is 2.79. The van der Waals surface area contributed by atoms with Gasteiger partial charge in [0.1, 0.15) is 0 Å². The predicted octanol–water partition coefficient (Wildman–Crippen LogP) is 3.43. The van der Waals surface area contributed by atoms with E-state index in [-0.39, 0.29) is 0 Å². The largest absolute Gasteiger partial charge is 0.327 e. The molecule has 0 atom stereocenters. The fourth-order valence-corrected chi connectivity index (χ4v) is 3.39. The molecule has 0 spiro atoms. The zero-order valence-corrected chi connectivity index (χ0v) is 10.9. The minimum atomic E-state index is 0.316. The van der Waals surface area contributed by atoms with Gasteiger partial charge in [0, 0.05) is 6.04 Å². The highest BCUT2D eigenvalue weighted by atomic mass is 14.8. The topological polar surface area (TPSA) is 26.0 Å². The van der Waals surface area contributed by atoms with Gasteiger partial charge in [-0.1, -0.05) is 48.5 Å². The highest BCUT2D eigenvalue weighted by Crippen LogP contribution is 2.60. The van der Waals surface area contributed by atoms with E-state index in [9.17, 15) is 0 Å². The summed E-state index contributed by atoms with van der Waals surface area (Å²) in [5.41, 5.74) is 7.29. The van der Waals surface area contributed by atoms with Gasteiger partial charge in [0.25, 0.3) is 0 Å². The van der Waals surface area contributed by atoms with E-state index >= 15 is 0 Å². The van der Waals surface area contributed by atoms with Gasteiger partial charge >= 0.3 is 0 Å². The van der Waals surface area contributed by atoms with Crippen LogP contribution in [-0.2, 0) is 0 Å². The zero-order valence-electron chi connectivity index (χ0n) is 10.9. The molecule has 0 aliphatic heterocycles. The normalized spacial score (nSPS) is 35.1. The van der Waals surface area contributed by atoms with Crippen LogP contribution in [0.5, 0.6) is 0 Å². The number of rotatable bonds is 1. The molecule has 0 heterocycles. The average Bonchev–Trinajstić information content (AvgIpc) is 1.97. The number of hydrogen-bond donors (Lipinski definition) is 1. The quantitative estimate of drug-likeness (QED) is 0.684. The van der Waals surface area contributed by atoms with Crippen LogP contribution in [0.4, 0.5) is 0 Å². The van der Waals surface area contributed by atoms with Crippen LogP contribution >= 0.6 is 0 Å². The molecule has 1 aliphatic carbocycles. The molecule has 0 radical (unpaired) electrons. The average molecular weight is 197 g/mol. The molecule has 2 N–H and O–H groups in total. The van der Waals surface area contributed by atoms with Crippen molar-refractivity contribution in [3.8, 4) is 0 Å². The van der Waals surface area contributed by atoms with Crippen LogP contribution in [0.2, 0.25) is 0 Å². The van der Waals surface area contributed by atoms with Crippen molar-refractivity contribution in [2.24, 2.45) is 27.9 Å². The van der Waals surface area contributed by atoms with Crippen LogP contribution in [0.3, 0.4) is 0 Å². The molecule has 0 aromatic rings. The highest BCUT2D eigenvalue weighted by Gasteiger charge is 2.59. The molecule has 0 bridgehead atoms. The smallest absolute Gasteiger partial charge is 0.0148 e. The second-order valence-electron chi connectivity index (χ2n) is 7.44. The lowest BCUT2D eigenvalue weighted by Crippen LogP contribution is -2.68. The first-order valence-electron chi connectivity index (χ1n) is 5.75. The van der Waals surface area contributed by atoms with Crippen molar-refractivity contribution in [2.45, 2.75) is 60.9 Å². The summed E-state index contributed by atoms with van der Waals surface area (Å²) in [5.74, 6) is 0.755. The molecule has 1 heteroatoms. The van der Waals surface area contributed by atoms with Gasteiger partial charge in [-0.3, -0.25) is 0 Å². The van der Waals surface area contributed by atoms with Gasteiger partial charge in [0.2, 0.25) is 0 Å². The summed E-state index contributed by atoms with van der Waals surface area (Å²) in [7, 11) is 0. The Hall–Kier alpha value is -0.0400. The van der Waals surface area contributed by atoms with Crippen molar-refractivity contribution >= 4 is 0 Å². The van der Waals surface area contributed by atoms with E-state index in [2.05, 4.69) is 48.5 Å². The molecule has 0 unspecified atom stereocenters. The van der Waals surface area contributed by atoms with Crippen molar-refractivity contribution in [1.82, 2.24) is 0 Å². The lowest BCUT2D eigenvalue weighted by atomic mass is 9.42. The van der Waals surface area contributed by atoms with Gasteiger partial charge in [-0.25, -0.2) is 0 Å². The molecular formula is C13H27N. The molecule has 1 saturated carbocycles. The maximum absolute atomic E-state index is 6.24. The molecule has 1 fully saturated rings. The first kappa shape index (κ1) is 12.0. The van der Waals surface area contributed by atoms with E-state index in [1.54, 1.807) is 0 Å². The standard InChI is InChI=1S/C13H27N/c1-11(2,3)8-9-12(4,5)10(14)13(9,6)7/h9-10H,8,14H2,1-7H3. The molecule has 0 aromatic heterocycles. The summed E-state index contributed by atoms with van der Waals surface area (Å²) in [4.78, 5) is 0. The van der Waals surface area contributed by atoms with Crippen LogP contribution in [0, 0.1) is 22.2 Å². The van der Waals surface area contributed by atoms with Crippen LogP contribution in [0.1, 0.15) is 54.9 Å². The molecular weight excluding hydrogens is 170 g/mol. The summed E-state index contributed by atoms with van der Waals surface area (Å²) in [6.45, 7) is 16.2. The fraction of sp³-hybridized carbons (Fsp3) is 1.00. The zero-order chi connectivity index (χ0) is 11.4. The first-order chi connectivity index (χ1) is 5.99. The highest BCUT2D eigenvalue weighted by molar-refractivity contribution is 5.12. The summed E-state index contributed by atoms with van der Waals surface area (Å²) in [5, 5.41) is 0. The molecule has 0 aromatic carbocycles. The van der Waals surface area contributed by atoms with E-state index in [1.807, 2.05) is 0 Å². The molecule has 14 heavy (non-hydrogen) atoms. The van der Waals surface area contributed by atoms with Crippen molar-refractivity contribution < 1.29 is 0 Å². The van der Waals surface area contributed by atoms with Crippen molar-refractivity contribution in [1.29, 1.82) is 0 Å². The minimum absolute atomic E-state index is 0.316. The summed E-state index contributed by atoms with van der Waals surface area (Å²) < 4.78 is 0. The summed E-state index contributed by atoms with van der Waals surface area (Å²) in [6.07, 6.45) is 1.28. The van der Waals surface area contributed by atoms with Crippen molar-refractivity contribution in [3.05, 3.63) is 0 Å². The molecule has 0 saturated heterocycles. The van der Waals surface area contributed by atoms with E-state index in [1.165, 1.54) is 6.42 Å². The lowest BCUT2D eigenvalue weighted by molar-refractivity contribution is -0.126. The lowest BCUT2D eigenvalue weighted by Gasteiger charge is -2.64. The van der Waals surface area contributed by atoms with Gasteiger partial charge in [-0.05, 0) is 28.6 Å². The van der Waals surface area contributed by atoms with Gasteiger partial charge in [0.05, 0.1) is 0 Å². The minimum Gasteiger partial charge on any atom is -0.327 e. The predicted molar refractivity (Wildman–Crippen MR) is 63.1 cm³/mol. The molecule has 1 aliphatic rings.